The Kier molecular flexibility index (Phi) is 3.84. The van der Waals surface area contributed by atoms with E-state index in [-0.39, 0.29) is 23.1 Å². The molecule has 1 aromatic carbocycles. The van der Waals surface area contributed by atoms with Crippen LogP contribution in [0.4, 0.5) is 11.4 Å². The molecule has 0 radical (unpaired) electrons. The molecule has 1 aliphatic heterocycles. The first kappa shape index (κ1) is 13.1. The van der Waals surface area contributed by atoms with E-state index in [0.717, 1.165) is 12.8 Å². The van der Waals surface area contributed by atoms with Gasteiger partial charge in [-0.2, -0.15) is 0 Å². The van der Waals surface area contributed by atoms with Crippen molar-refractivity contribution in [2.45, 2.75) is 19.8 Å². The fourth-order valence-corrected chi connectivity index (χ4v) is 1.81. The minimum atomic E-state index is -0.547. The third kappa shape index (κ3) is 3.12. The standard InChI is InChI=1S/C12H14N2O5/c1-8(15)13-9-6-10(14(16)17)12-11(7-9)18-4-2-3-5-19-12/h6-7H,2-5H2,1H3,(H,13,15). The van der Waals surface area contributed by atoms with E-state index in [9.17, 15) is 14.9 Å². The van der Waals surface area contributed by atoms with Crippen LogP contribution in [-0.2, 0) is 4.79 Å². The summed E-state index contributed by atoms with van der Waals surface area (Å²) in [6, 6.07) is 2.81. The summed E-state index contributed by atoms with van der Waals surface area (Å²) >= 11 is 0. The number of benzene rings is 1. The largest absolute Gasteiger partial charge is 0.489 e. The molecule has 7 nitrogen and oxygen atoms in total. The maximum absolute atomic E-state index is 11.1. The van der Waals surface area contributed by atoms with Gasteiger partial charge in [-0.25, -0.2) is 0 Å². The molecule has 102 valence electrons. The van der Waals surface area contributed by atoms with Crippen LogP contribution in [0, 0.1) is 10.1 Å². The average molecular weight is 266 g/mol. The van der Waals surface area contributed by atoms with Crippen LogP contribution in [-0.4, -0.2) is 24.0 Å². The Labute approximate surface area is 109 Å². The molecule has 1 heterocycles. The highest BCUT2D eigenvalue weighted by Gasteiger charge is 2.24. The Morgan fingerprint density at radius 3 is 2.63 bits per heavy atom. The lowest BCUT2D eigenvalue weighted by Crippen LogP contribution is -2.11. The van der Waals surface area contributed by atoms with E-state index in [4.69, 9.17) is 9.47 Å². The number of hydrogen-bond acceptors (Lipinski definition) is 5. The minimum Gasteiger partial charge on any atom is -0.489 e. The lowest BCUT2D eigenvalue weighted by atomic mass is 10.2. The summed E-state index contributed by atoms with van der Waals surface area (Å²) in [6.07, 6.45) is 1.60. The number of hydrogen-bond donors (Lipinski definition) is 1. The van der Waals surface area contributed by atoms with E-state index >= 15 is 0 Å². The fraction of sp³-hybridized carbons (Fsp3) is 0.417. The van der Waals surface area contributed by atoms with Crippen LogP contribution < -0.4 is 14.8 Å². The van der Waals surface area contributed by atoms with E-state index in [2.05, 4.69) is 5.32 Å². The number of carbonyl (C=O) groups excluding carboxylic acids is 1. The average Bonchev–Trinajstić information content (AvgIpc) is 2.29. The highest BCUT2D eigenvalue weighted by atomic mass is 16.6. The molecule has 0 fully saturated rings. The van der Waals surface area contributed by atoms with Crippen LogP contribution >= 0.6 is 0 Å². The van der Waals surface area contributed by atoms with Crippen LogP contribution in [0.1, 0.15) is 19.8 Å². The summed E-state index contributed by atoms with van der Waals surface area (Å²) in [5.74, 6) is 0.109. The zero-order valence-electron chi connectivity index (χ0n) is 10.5. The Balaban J connectivity index is 2.46. The van der Waals surface area contributed by atoms with Crippen molar-refractivity contribution in [1.82, 2.24) is 0 Å². The smallest absolute Gasteiger partial charge is 0.316 e. The van der Waals surface area contributed by atoms with Gasteiger partial charge in [0.05, 0.1) is 23.8 Å². The molecule has 0 unspecified atom stereocenters. The van der Waals surface area contributed by atoms with Crippen molar-refractivity contribution in [3.05, 3.63) is 22.2 Å². The van der Waals surface area contributed by atoms with Gasteiger partial charge in [0.1, 0.15) is 0 Å². The number of rotatable bonds is 2. The number of nitrogens with zero attached hydrogens (tertiary/aromatic N) is 1. The molecular formula is C12H14N2O5. The number of amides is 1. The lowest BCUT2D eigenvalue weighted by molar-refractivity contribution is -0.385. The molecule has 0 spiro atoms. The Morgan fingerprint density at radius 1 is 1.32 bits per heavy atom. The summed E-state index contributed by atoms with van der Waals surface area (Å²) in [5.41, 5.74) is 0.116. The lowest BCUT2D eigenvalue weighted by Gasteiger charge is -2.17. The molecular weight excluding hydrogens is 252 g/mol. The zero-order valence-corrected chi connectivity index (χ0v) is 10.5. The Morgan fingerprint density at radius 2 is 2.00 bits per heavy atom. The molecule has 2 rings (SSSR count). The van der Waals surface area contributed by atoms with E-state index in [1.54, 1.807) is 0 Å². The summed E-state index contributed by atoms with van der Waals surface area (Å²) in [5, 5.41) is 13.6. The molecule has 1 aliphatic rings. The van der Waals surface area contributed by atoms with Gasteiger partial charge in [-0.1, -0.05) is 0 Å². The number of nitrogens with one attached hydrogen (secondary N) is 1. The van der Waals surface area contributed by atoms with Crippen molar-refractivity contribution >= 4 is 17.3 Å². The molecule has 1 N–H and O–H groups in total. The van der Waals surface area contributed by atoms with Gasteiger partial charge in [0.15, 0.2) is 5.75 Å². The van der Waals surface area contributed by atoms with Gasteiger partial charge >= 0.3 is 5.69 Å². The third-order valence-corrected chi connectivity index (χ3v) is 2.59. The normalized spacial score (nSPS) is 14.2. The van der Waals surface area contributed by atoms with Gasteiger partial charge in [0.2, 0.25) is 11.7 Å². The zero-order chi connectivity index (χ0) is 13.8. The first-order chi connectivity index (χ1) is 9.08. The van der Waals surface area contributed by atoms with Gasteiger partial charge < -0.3 is 14.8 Å². The molecule has 0 atom stereocenters. The second-order valence-electron chi connectivity index (χ2n) is 4.16. The van der Waals surface area contributed by atoms with Gasteiger partial charge in [0, 0.05) is 19.1 Å². The first-order valence-corrected chi connectivity index (χ1v) is 5.93. The predicted octanol–water partition coefficient (Wildman–Crippen LogP) is 2.10. The van der Waals surface area contributed by atoms with Crippen molar-refractivity contribution in [3.63, 3.8) is 0 Å². The number of carbonyl (C=O) groups is 1. The molecule has 7 heteroatoms. The predicted molar refractivity (Wildman–Crippen MR) is 67.6 cm³/mol. The van der Waals surface area contributed by atoms with E-state index < -0.39 is 4.92 Å². The SMILES string of the molecule is CC(=O)Nc1cc2c(c([N+](=O)[O-])c1)OCCCCO2. The number of fused-ring (bicyclic) bond motifs is 1. The number of nitro benzene ring substituents is 1. The van der Waals surface area contributed by atoms with Gasteiger partial charge in [-0.15, -0.1) is 0 Å². The van der Waals surface area contributed by atoms with Crippen LogP contribution in [0.5, 0.6) is 11.5 Å². The number of nitro groups is 1. The maximum atomic E-state index is 11.1. The number of ether oxygens (including phenoxy) is 2. The fourth-order valence-electron chi connectivity index (χ4n) is 1.81. The van der Waals surface area contributed by atoms with Gasteiger partial charge in [-0.05, 0) is 12.8 Å². The molecule has 1 aromatic rings. The van der Waals surface area contributed by atoms with E-state index in [1.165, 1.54) is 19.1 Å². The third-order valence-electron chi connectivity index (χ3n) is 2.59. The summed E-state index contributed by atoms with van der Waals surface area (Å²) in [6.45, 7) is 2.22. The molecule has 0 aliphatic carbocycles. The van der Waals surface area contributed by atoms with Gasteiger partial charge in [-0.3, -0.25) is 14.9 Å². The molecule has 0 saturated carbocycles. The second-order valence-corrected chi connectivity index (χ2v) is 4.16. The molecule has 19 heavy (non-hydrogen) atoms. The van der Waals surface area contributed by atoms with Crippen molar-refractivity contribution < 1.29 is 19.2 Å². The summed E-state index contributed by atoms with van der Waals surface area (Å²) in [7, 11) is 0. The molecule has 1 amide bonds. The van der Waals surface area contributed by atoms with Crippen molar-refractivity contribution in [2.75, 3.05) is 18.5 Å². The Bertz CT molecular complexity index is 515. The Hall–Kier alpha value is -2.31. The van der Waals surface area contributed by atoms with Crippen molar-refractivity contribution in [3.8, 4) is 11.5 Å². The first-order valence-electron chi connectivity index (χ1n) is 5.93. The minimum absolute atomic E-state index is 0.124. The summed E-state index contributed by atoms with van der Waals surface area (Å²) in [4.78, 5) is 21.6. The van der Waals surface area contributed by atoms with Crippen molar-refractivity contribution in [1.29, 1.82) is 0 Å². The van der Waals surface area contributed by atoms with Crippen LogP contribution in [0.15, 0.2) is 12.1 Å². The van der Waals surface area contributed by atoms with Gasteiger partial charge in [0.25, 0.3) is 0 Å². The molecule has 0 bridgehead atoms. The number of anilines is 1. The van der Waals surface area contributed by atoms with Crippen LogP contribution in [0.2, 0.25) is 0 Å². The van der Waals surface area contributed by atoms with E-state index in [1.807, 2.05) is 0 Å². The molecule has 0 aromatic heterocycles. The highest BCUT2D eigenvalue weighted by molar-refractivity contribution is 5.89. The maximum Gasteiger partial charge on any atom is 0.316 e. The van der Waals surface area contributed by atoms with Crippen LogP contribution in [0.25, 0.3) is 0 Å². The monoisotopic (exact) mass is 266 g/mol. The highest BCUT2D eigenvalue weighted by Crippen LogP contribution is 2.41. The topological polar surface area (TPSA) is 90.7 Å². The summed E-state index contributed by atoms with van der Waals surface area (Å²) < 4.78 is 10.9. The second kappa shape index (κ2) is 5.55. The van der Waals surface area contributed by atoms with Crippen molar-refractivity contribution in [2.24, 2.45) is 0 Å². The van der Waals surface area contributed by atoms with Crippen LogP contribution in [0.3, 0.4) is 0 Å². The van der Waals surface area contributed by atoms with E-state index in [0.29, 0.717) is 18.9 Å². The molecule has 0 saturated heterocycles. The quantitative estimate of drug-likeness (QED) is 0.653.